The average Bonchev–Trinajstić information content (AvgIpc) is 2.71. The molecule has 0 aliphatic heterocycles. The highest BCUT2D eigenvalue weighted by Gasteiger charge is 2.06. The molecule has 6 nitrogen and oxygen atoms in total. The Morgan fingerprint density at radius 3 is 1.66 bits per heavy atom. The van der Waals surface area contributed by atoms with Crippen LogP contribution in [0.3, 0.4) is 0 Å². The van der Waals surface area contributed by atoms with Crippen LogP contribution in [0.2, 0.25) is 0 Å². The van der Waals surface area contributed by atoms with Crippen molar-refractivity contribution in [1.82, 2.24) is 15.5 Å². The monoisotopic (exact) mass is 409 g/mol. The third kappa shape index (κ3) is 19.4. The Labute approximate surface area is 177 Å². The average molecular weight is 410 g/mol. The summed E-state index contributed by atoms with van der Waals surface area (Å²) in [6.07, 6.45) is 16.6. The van der Waals surface area contributed by atoms with Crippen molar-refractivity contribution >= 4 is 11.8 Å². The van der Waals surface area contributed by atoms with Gasteiger partial charge in [0.05, 0.1) is 0 Å². The van der Waals surface area contributed by atoms with Gasteiger partial charge in [0.2, 0.25) is 11.8 Å². The Kier molecular flexibility index (Phi) is 19.9. The highest BCUT2D eigenvalue weighted by atomic mass is 16.3. The molecule has 2 amide bonds. The van der Waals surface area contributed by atoms with E-state index < -0.39 is 0 Å². The zero-order valence-electron chi connectivity index (χ0n) is 18.6. The van der Waals surface area contributed by atoms with Crippen LogP contribution in [-0.4, -0.2) is 61.2 Å². The number of hydrogen-bond donors (Lipinski definition) is 3. The lowest BCUT2D eigenvalue weighted by atomic mass is 10.2. The fourth-order valence-corrected chi connectivity index (χ4v) is 2.83. The molecule has 0 heterocycles. The minimum Gasteiger partial charge on any atom is -0.396 e. The standard InChI is InChI=1S/C23H43N3O3/c1-3-5-7-9-11-14-22(28)24-16-19-26(18-13-21-27)20-17-25-23(29)15-12-10-8-6-4-2/h11-12,14-15,27H,3-10,13,16-21H2,1-2H3,(H,24,28)(H,25,29)/b14-11+,15-12+. The largest absolute Gasteiger partial charge is 0.396 e. The lowest BCUT2D eigenvalue weighted by Crippen LogP contribution is -2.39. The SMILES string of the molecule is CCCCC/C=C/C(=O)NCCN(CCCO)CCNC(=O)/C=C/CCCCC. The van der Waals surface area contributed by atoms with Gasteiger partial charge in [0.1, 0.15) is 0 Å². The van der Waals surface area contributed by atoms with Crippen LogP contribution >= 0.6 is 0 Å². The molecule has 0 aliphatic rings. The predicted molar refractivity (Wildman–Crippen MR) is 121 cm³/mol. The molecule has 0 bridgehead atoms. The fraction of sp³-hybridized carbons (Fsp3) is 0.739. The molecular formula is C23H43N3O3. The molecule has 0 aromatic rings. The lowest BCUT2D eigenvalue weighted by molar-refractivity contribution is -0.117. The van der Waals surface area contributed by atoms with Crippen molar-refractivity contribution in [3.05, 3.63) is 24.3 Å². The number of nitrogens with one attached hydrogen (secondary N) is 2. The van der Waals surface area contributed by atoms with E-state index in [0.29, 0.717) is 32.6 Å². The van der Waals surface area contributed by atoms with Crippen molar-refractivity contribution < 1.29 is 14.7 Å². The Hall–Kier alpha value is -1.66. The Bertz CT molecular complexity index is 426. The van der Waals surface area contributed by atoms with Gasteiger partial charge >= 0.3 is 0 Å². The number of nitrogens with zero attached hydrogens (tertiary/aromatic N) is 1. The summed E-state index contributed by atoms with van der Waals surface area (Å²) in [4.78, 5) is 25.8. The van der Waals surface area contributed by atoms with Crippen LogP contribution in [0.25, 0.3) is 0 Å². The molecule has 0 aliphatic carbocycles. The van der Waals surface area contributed by atoms with E-state index in [1.54, 1.807) is 12.2 Å². The Morgan fingerprint density at radius 2 is 1.24 bits per heavy atom. The first kappa shape index (κ1) is 27.3. The number of carbonyl (C=O) groups is 2. The van der Waals surface area contributed by atoms with E-state index in [0.717, 1.165) is 32.2 Å². The topological polar surface area (TPSA) is 81.7 Å². The summed E-state index contributed by atoms with van der Waals surface area (Å²) in [7, 11) is 0. The van der Waals surface area contributed by atoms with Crippen LogP contribution in [0.5, 0.6) is 0 Å². The first-order valence-electron chi connectivity index (χ1n) is 11.4. The minimum atomic E-state index is -0.0647. The molecule has 0 fully saturated rings. The van der Waals surface area contributed by atoms with Gasteiger partial charge in [-0.25, -0.2) is 0 Å². The molecule has 0 aromatic heterocycles. The summed E-state index contributed by atoms with van der Waals surface area (Å²) in [6.45, 7) is 7.68. The molecule has 29 heavy (non-hydrogen) atoms. The van der Waals surface area contributed by atoms with Crippen LogP contribution in [-0.2, 0) is 9.59 Å². The van der Waals surface area contributed by atoms with Crippen molar-refractivity contribution in [3.8, 4) is 0 Å². The number of hydrogen-bond acceptors (Lipinski definition) is 4. The number of amides is 2. The molecule has 3 N–H and O–H groups in total. The molecule has 0 saturated carbocycles. The second-order valence-electron chi connectivity index (χ2n) is 7.30. The zero-order valence-corrected chi connectivity index (χ0v) is 18.6. The van der Waals surface area contributed by atoms with Gasteiger partial charge in [0.15, 0.2) is 0 Å². The molecule has 0 radical (unpaired) electrons. The van der Waals surface area contributed by atoms with E-state index in [-0.39, 0.29) is 18.4 Å². The summed E-state index contributed by atoms with van der Waals surface area (Å²) in [5.41, 5.74) is 0. The zero-order chi connectivity index (χ0) is 21.6. The van der Waals surface area contributed by atoms with Gasteiger partial charge in [-0.15, -0.1) is 0 Å². The fourth-order valence-electron chi connectivity index (χ4n) is 2.83. The van der Waals surface area contributed by atoms with Crippen LogP contribution in [0, 0.1) is 0 Å². The molecule has 0 rings (SSSR count). The maximum atomic E-state index is 11.8. The molecule has 168 valence electrons. The second-order valence-corrected chi connectivity index (χ2v) is 7.30. The number of carbonyl (C=O) groups excluding carboxylic acids is 2. The van der Waals surface area contributed by atoms with Crippen molar-refractivity contribution in [3.63, 3.8) is 0 Å². The summed E-state index contributed by atoms with van der Waals surface area (Å²) in [5, 5.41) is 14.9. The van der Waals surface area contributed by atoms with Crippen molar-refractivity contribution in [2.24, 2.45) is 0 Å². The van der Waals surface area contributed by atoms with E-state index in [4.69, 9.17) is 5.11 Å². The predicted octanol–water partition coefficient (Wildman–Crippen LogP) is 3.18. The summed E-state index contributed by atoms with van der Waals surface area (Å²) >= 11 is 0. The Balaban J connectivity index is 4.04. The molecule has 0 unspecified atom stereocenters. The van der Waals surface area contributed by atoms with Gasteiger partial charge in [0, 0.05) is 39.3 Å². The molecule has 0 saturated heterocycles. The number of allylic oxidation sites excluding steroid dienone is 2. The highest BCUT2D eigenvalue weighted by Crippen LogP contribution is 2.00. The molecular weight excluding hydrogens is 366 g/mol. The maximum absolute atomic E-state index is 11.8. The van der Waals surface area contributed by atoms with Gasteiger partial charge < -0.3 is 15.7 Å². The second kappa shape index (κ2) is 21.1. The Morgan fingerprint density at radius 1 is 0.759 bits per heavy atom. The van der Waals surface area contributed by atoms with E-state index in [1.165, 1.54) is 25.7 Å². The third-order valence-corrected chi connectivity index (χ3v) is 4.57. The molecule has 0 aromatic carbocycles. The third-order valence-electron chi connectivity index (χ3n) is 4.57. The van der Waals surface area contributed by atoms with Crippen LogP contribution < -0.4 is 10.6 Å². The van der Waals surface area contributed by atoms with E-state index >= 15 is 0 Å². The number of unbranched alkanes of at least 4 members (excludes halogenated alkanes) is 6. The van der Waals surface area contributed by atoms with Gasteiger partial charge in [0.25, 0.3) is 0 Å². The highest BCUT2D eigenvalue weighted by molar-refractivity contribution is 5.87. The quantitative estimate of drug-likeness (QED) is 0.226. The van der Waals surface area contributed by atoms with Crippen LogP contribution in [0.1, 0.15) is 71.6 Å². The van der Waals surface area contributed by atoms with Gasteiger partial charge in [-0.2, -0.15) is 0 Å². The van der Waals surface area contributed by atoms with Gasteiger partial charge in [-0.05, 0) is 44.3 Å². The first-order valence-corrected chi connectivity index (χ1v) is 11.4. The minimum absolute atomic E-state index is 0.0647. The number of aliphatic hydroxyl groups is 1. The summed E-state index contributed by atoms with van der Waals surface area (Å²) in [6, 6.07) is 0. The number of rotatable bonds is 19. The molecule has 0 spiro atoms. The normalized spacial score (nSPS) is 11.6. The number of aliphatic hydroxyl groups excluding tert-OH is 1. The molecule has 6 heteroatoms. The molecule has 0 atom stereocenters. The summed E-state index contributed by atoms with van der Waals surface area (Å²) in [5.74, 6) is -0.129. The van der Waals surface area contributed by atoms with E-state index in [2.05, 4.69) is 29.4 Å². The van der Waals surface area contributed by atoms with Crippen LogP contribution in [0.15, 0.2) is 24.3 Å². The van der Waals surface area contributed by atoms with Crippen molar-refractivity contribution in [1.29, 1.82) is 0 Å². The maximum Gasteiger partial charge on any atom is 0.243 e. The van der Waals surface area contributed by atoms with E-state index in [9.17, 15) is 9.59 Å². The smallest absolute Gasteiger partial charge is 0.243 e. The lowest BCUT2D eigenvalue weighted by Gasteiger charge is -2.22. The van der Waals surface area contributed by atoms with Crippen LogP contribution in [0.4, 0.5) is 0 Å². The van der Waals surface area contributed by atoms with Gasteiger partial charge in [-0.1, -0.05) is 51.7 Å². The van der Waals surface area contributed by atoms with Crippen molar-refractivity contribution in [2.45, 2.75) is 71.6 Å². The summed E-state index contributed by atoms with van der Waals surface area (Å²) < 4.78 is 0. The van der Waals surface area contributed by atoms with Gasteiger partial charge in [-0.3, -0.25) is 14.5 Å². The van der Waals surface area contributed by atoms with E-state index in [1.807, 2.05) is 12.2 Å². The van der Waals surface area contributed by atoms with Crippen molar-refractivity contribution in [2.75, 3.05) is 39.3 Å². The first-order chi connectivity index (χ1) is 14.1.